The third-order valence-corrected chi connectivity index (χ3v) is 4.13. The number of esters is 2. The van der Waals surface area contributed by atoms with Crippen molar-refractivity contribution in [2.45, 2.75) is 0 Å². The van der Waals surface area contributed by atoms with Crippen LogP contribution in [0.1, 0.15) is 20.7 Å². The Labute approximate surface area is 148 Å². The van der Waals surface area contributed by atoms with E-state index in [0.29, 0.717) is 11.1 Å². The molecule has 0 spiro atoms. The molecule has 0 aliphatic heterocycles. The van der Waals surface area contributed by atoms with Gasteiger partial charge in [0.05, 0.1) is 11.1 Å². The van der Waals surface area contributed by atoms with Gasteiger partial charge in [0.2, 0.25) is 0 Å². The lowest BCUT2D eigenvalue weighted by atomic mass is 10.1. The molecule has 0 aliphatic rings. The molecular formula is C20H16N2O4. The quantitative estimate of drug-likeness (QED) is 0.426. The fourth-order valence-electron chi connectivity index (χ4n) is 2.80. The van der Waals surface area contributed by atoms with Crippen LogP contribution in [0.15, 0.2) is 60.9 Å². The van der Waals surface area contributed by atoms with E-state index in [1.807, 2.05) is 36.7 Å². The smallest absolute Gasteiger partial charge is 0.338 e. The van der Waals surface area contributed by atoms with E-state index in [9.17, 15) is 9.59 Å². The molecule has 0 fully saturated rings. The minimum absolute atomic E-state index is 0.00213. The number of rotatable bonds is 5. The summed E-state index contributed by atoms with van der Waals surface area (Å²) < 4.78 is 10.3. The SMILES string of the molecule is O=C(OCCOC(=O)c1ccc2[nH]ccc2c1)c1ccc2[nH]ccc2c1. The number of benzene rings is 2. The van der Waals surface area contributed by atoms with E-state index in [4.69, 9.17) is 9.47 Å². The fourth-order valence-corrected chi connectivity index (χ4v) is 2.80. The van der Waals surface area contributed by atoms with Gasteiger partial charge in [0.25, 0.3) is 0 Å². The zero-order chi connectivity index (χ0) is 17.9. The first-order valence-electron chi connectivity index (χ1n) is 8.19. The Bertz CT molecular complexity index is 1010. The summed E-state index contributed by atoms with van der Waals surface area (Å²) in [6.45, 7) is 0.00426. The van der Waals surface area contributed by atoms with Crippen molar-refractivity contribution in [1.82, 2.24) is 9.97 Å². The van der Waals surface area contributed by atoms with Crippen molar-refractivity contribution >= 4 is 33.7 Å². The highest BCUT2D eigenvalue weighted by atomic mass is 16.6. The van der Waals surface area contributed by atoms with Crippen LogP contribution in [0.2, 0.25) is 0 Å². The monoisotopic (exact) mass is 348 g/mol. The van der Waals surface area contributed by atoms with E-state index >= 15 is 0 Å². The summed E-state index contributed by atoms with van der Waals surface area (Å²) in [6.07, 6.45) is 3.62. The molecule has 0 radical (unpaired) electrons. The van der Waals surface area contributed by atoms with Crippen LogP contribution in [0.4, 0.5) is 0 Å². The van der Waals surface area contributed by atoms with Crippen molar-refractivity contribution in [2.24, 2.45) is 0 Å². The van der Waals surface area contributed by atoms with Crippen LogP contribution in [0.25, 0.3) is 21.8 Å². The number of aromatic nitrogens is 2. The molecule has 4 aromatic rings. The van der Waals surface area contributed by atoms with E-state index in [0.717, 1.165) is 21.8 Å². The second-order valence-electron chi connectivity index (χ2n) is 5.83. The number of hydrogen-bond donors (Lipinski definition) is 2. The van der Waals surface area contributed by atoms with Crippen molar-refractivity contribution in [3.8, 4) is 0 Å². The molecule has 130 valence electrons. The van der Waals surface area contributed by atoms with Crippen LogP contribution in [0.3, 0.4) is 0 Å². The highest BCUT2D eigenvalue weighted by Gasteiger charge is 2.11. The molecule has 2 aromatic heterocycles. The molecule has 26 heavy (non-hydrogen) atoms. The molecule has 0 atom stereocenters. The first kappa shape index (κ1) is 16.0. The molecule has 6 heteroatoms. The molecular weight excluding hydrogens is 332 g/mol. The van der Waals surface area contributed by atoms with E-state index in [-0.39, 0.29) is 13.2 Å². The Balaban J connectivity index is 1.30. The summed E-state index contributed by atoms with van der Waals surface area (Å²) in [5, 5.41) is 1.87. The third-order valence-electron chi connectivity index (χ3n) is 4.13. The van der Waals surface area contributed by atoms with Gasteiger partial charge in [-0.05, 0) is 48.5 Å². The zero-order valence-corrected chi connectivity index (χ0v) is 13.8. The number of H-pyrrole nitrogens is 2. The van der Waals surface area contributed by atoms with Crippen LogP contribution >= 0.6 is 0 Å². The highest BCUT2D eigenvalue weighted by molar-refractivity contribution is 5.95. The molecule has 0 saturated heterocycles. The number of carbonyl (C=O) groups is 2. The maximum atomic E-state index is 12.1. The van der Waals surface area contributed by atoms with Gasteiger partial charge < -0.3 is 19.4 Å². The Morgan fingerprint density at radius 2 is 1.15 bits per heavy atom. The van der Waals surface area contributed by atoms with Gasteiger partial charge in [-0.3, -0.25) is 0 Å². The number of carbonyl (C=O) groups excluding carboxylic acids is 2. The average molecular weight is 348 g/mol. The average Bonchev–Trinajstić information content (AvgIpc) is 3.32. The standard InChI is InChI=1S/C20H16N2O4/c23-19(15-1-3-17-13(11-15)5-7-21-17)25-9-10-26-20(24)16-2-4-18-14(12-16)6-8-22-18/h1-8,11-12,21-22H,9-10H2. The summed E-state index contributed by atoms with van der Waals surface area (Å²) in [7, 11) is 0. The first-order valence-corrected chi connectivity index (χ1v) is 8.19. The molecule has 4 rings (SSSR count). The van der Waals surface area contributed by atoms with Crippen LogP contribution in [0.5, 0.6) is 0 Å². The minimum atomic E-state index is -0.446. The van der Waals surface area contributed by atoms with Crippen LogP contribution in [-0.4, -0.2) is 35.1 Å². The lowest BCUT2D eigenvalue weighted by molar-refractivity contribution is 0.0266. The number of nitrogens with one attached hydrogen (secondary N) is 2. The number of fused-ring (bicyclic) bond motifs is 2. The van der Waals surface area contributed by atoms with Gasteiger partial charge in [0.15, 0.2) is 0 Å². The van der Waals surface area contributed by atoms with E-state index in [1.165, 1.54) is 0 Å². The largest absolute Gasteiger partial charge is 0.458 e. The van der Waals surface area contributed by atoms with Gasteiger partial charge in [-0.25, -0.2) is 9.59 Å². The van der Waals surface area contributed by atoms with Gasteiger partial charge in [0.1, 0.15) is 13.2 Å². The Morgan fingerprint density at radius 1 is 0.692 bits per heavy atom. The van der Waals surface area contributed by atoms with E-state index in [1.54, 1.807) is 24.3 Å². The van der Waals surface area contributed by atoms with E-state index in [2.05, 4.69) is 9.97 Å². The van der Waals surface area contributed by atoms with Gasteiger partial charge >= 0.3 is 11.9 Å². The third kappa shape index (κ3) is 3.17. The maximum Gasteiger partial charge on any atom is 0.338 e. The minimum Gasteiger partial charge on any atom is -0.458 e. The second-order valence-corrected chi connectivity index (χ2v) is 5.83. The molecule has 2 N–H and O–H groups in total. The van der Waals surface area contributed by atoms with Crippen LogP contribution in [-0.2, 0) is 9.47 Å². The van der Waals surface area contributed by atoms with Crippen molar-refractivity contribution in [3.05, 3.63) is 72.1 Å². The molecule has 0 amide bonds. The lowest BCUT2D eigenvalue weighted by Crippen LogP contribution is -2.14. The maximum absolute atomic E-state index is 12.1. The zero-order valence-electron chi connectivity index (χ0n) is 13.8. The Hall–Kier alpha value is -3.54. The molecule has 0 unspecified atom stereocenters. The molecule has 0 bridgehead atoms. The summed E-state index contributed by atoms with van der Waals surface area (Å²) in [5.41, 5.74) is 2.83. The van der Waals surface area contributed by atoms with Gasteiger partial charge in [0, 0.05) is 34.2 Å². The number of ether oxygens (including phenoxy) is 2. The Morgan fingerprint density at radius 3 is 1.62 bits per heavy atom. The van der Waals surface area contributed by atoms with Crippen molar-refractivity contribution < 1.29 is 19.1 Å². The predicted octanol–water partition coefficient (Wildman–Crippen LogP) is 3.66. The summed E-state index contributed by atoms with van der Waals surface area (Å²) in [4.78, 5) is 30.3. The summed E-state index contributed by atoms with van der Waals surface area (Å²) >= 11 is 0. The summed E-state index contributed by atoms with van der Waals surface area (Å²) in [5.74, 6) is -0.893. The first-order chi connectivity index (χ1) is 12.7. The highest BCUT2D eigenvalue weighted by Crippen LogP contribution is 2.16. The van der Waals surface area contributed by atoms with Crippen molar-refractivity contribution in [1.29, 1.82) is 0 Å². The van der Waals surface area contributed by atoms with Gasteiger partial charge in [-0.1, -0.05) is 0 Å². The second kappa shape index (κ2) is 6.76. The number of aromatic amines is 2. The predicted molar refractivity (Wildman–Crippen MR) is 97.2 cm³/mol. The summed E-state index contributed by atoms with van der Waals surface area (Å²) in [6, 6.07) is 14.3. The lowest BCUT2D eigenvalue weighted by Gasteiger charge is -2.07. The van der Waals surface area contributed by atoms with Crippen LogP contribution in [0, 0.1) is 0 Å². The molecule has 0 saturated carbocycles. The fraction of sp³-hybridized carbons (Fsp3) is 0.100. The van der Waals surface area contributed by atoms with Crippen molar-refractivity contribution in [2.75, 3.05) is 13.2 Å². The van der Waals surface area contributed by atoms with Gasteiger partial charge in [-0.2, -0.15) is 0 Å². The normalized spacial score (nSPS) is 10.9. The topological polar surface area (TPSA) is 84.2 Å². The molecule has 2 aromatic carbocycles. The Kier molecular flexibility index (Phi) is 4.15. The number of hydrogen-bond acceptors (Lipinski definition) is 4. The molecule has 0 aliphatic carbocycles. The molecule has 2 heterocycles. The van der Waals surface area contributed by atoms with E-state index < -0.39 is 11.9 Å². The molecule has 6 nitrogen and oxygen atoms in total. The van der Waals surface area contributed by atoms with Crippen molar-refractivity contribution in [3.63, 3.8) is 0 Å². The van der Waals surface area contributed by atoms with Crippen LogP contribution < -0.4 is 0 Å². The van der Waals surface area contributed by atoms with Gasteiger partial charge in [-0.15, -0.1) is 0 Å².